The van der Waals surface area contributed by atoms with Crippen LogP contribution in [0.25, 0.3) is 0 Å². The minimum Gasteiger partial charge on any atom is -0.496 e. The van der Waals surface area contributed by atoms with E-state index in [1.54, 1.807) is 19.1 Å². The fourth-order valence-electron chi connectivity index (χ4n) is 2.86. The molecular formula is C23H33NO6. The van der Waals surface area contributed by atoms with E-state index in [0.717, 1.165) is 25.7 Å². The van der Waals surface area contributed by atoms with Crippen molar-refractivity contribution in [2.24, 2.45) is 0 Å². The fraction of sp³-hybridized carbons (Fsp3) is 0.522. The molecule has 166 valence electrons. The quantitative estimate of drug-likeness (QED) is 0.287. The Morgan fingerprint density at radius 1 is 1.23 bits per heavy atom. The van der Waals surface area contributed by atoms with E-state index >= 15 is 0 Å². The molecule has 1 atom stereocenters. The van der Waals surface area contributed by atoms with Gasteiger partial charge in [-0.1, -0.05) is 38.8 Å². The molecule has 0 aliphatic rings. The molecule has 0 spiro atoms. The van der Waals surface area contributed by atoms with Crippen LogP contribution in [-0.4, -0.2) is 26.1 Å². The van der Waals surface area contributed by atoms with Crippen molar-refractivity contribution in [3.05, 3.63) is 51.7 Å². The summed E-state index contributed by atoms with van der Waals surface area (Å²) in [6.07, 6.45) is 9.96. The van der Waals surface area contributed by atoms with Crippen molar-refractivity contribution in [1.29, 1.82) is 0 Å². The highest BCUT2D eigenvalue weighted by Crippen LogP contribution is 2.26. The number of hydrogen-bond acceptors (Lipinski definition) is 6. The van der Waals surface area contributed by atoms with E-state index in [4.69, 9.17) is 9.15 Å². The van der Waals surface area contributed by atoms with Crippen LogP contribution in [0.5, 0.6) is 5.75 Å². The Labute approximate surface area is 178 Å². The van der Waals surface area contributed by atoms with E-state index in [1.165, 1.54) is 20.4 Å². The largest absolute Gasteiger partial charge is 0.496 e. The maximum Gasteiger partial charge on any atom is 0.410 e. The number of ketones is 1. The summed E-state index contributed by atoms with van der Waals surface area (Å²) in [6.45, 7) is 5.74. The van der Waals surface area contributed by atoms with Crippen molar-refractivity contribution < 1.29 is 23.5 Å². The van der Waals surface area contributed by atoms with Gasteiger partial charge in [0, 0.05) is 18.2 Å². The van der Waals surface area contributed by atoms with Gasteiger partial charge < -0.3 is 13.9 Å². The number of carbonyl (C=O) groups excluding carboxylic acids is 2. The summed E-state index contributed by atoms with van der Waals surface area (Å²) < 4.78 is 15.2. The van der Waals surface area contributed by atoms with Gasteiger partial charge in [0.15, 0.2) is 5.78 Å². The Morgan fingerprint density at radius 2 is 1.97 bits per heavy atom. The molecule has 7 nitrogen and oxygen atoms in total. The lowest BCUT2D eigenvalue weighted by molar-refractivity contribution is 0.102. The predicted molar refractivity (Wildman–Crippen MR) is 116 cm³/mol. The summed E-state index contributed by atoms with van der Waals surface area (Å²) >= 11 is 0. The highest BCUT2D eigenvalue weighted by molar-refractivity contribution is 6.09. The maximum atomic E-state index is 12.8. The Morgan fingerprint density at radius 3 is 2.60 bits per heavy atom. The summed E-state index contributed by atoms with van der Waals surface area (Å²) in [5, 5.41) is 2.45. The molecule has 0 saturated heterocycles. The average Bonchev–Trinajstić information content (AvgIpc) is 2.74. The van der Waals surface area contributed by atoms with Gasteiger partial charge in [0.25, 0.3) is 0 Å². The number of alkyl carbamates (subject to hydrolysis) is 1. The Bertz CT molecular complexity index is 821. The number of carbonyl (C=O) groups is 2. The van der Waals surface area contributed by atoms with Crippen LogP contribution in [0, 0.1) is 0 Å². The summed E-state index contributed by atoms with van der Waals surface area (Å²) in [6, 6.07) is 1.61. The molecule has 7 heteroatoms. The molecule has 30 heavy (non-hydrogen) atoms. The normalized spacial score (nSPS) is 12.6. The van der Waals surface area contributed by atoms with Crippen molar-refractivity contribution in [3.63, 3.8) is 0 Å². The molecule has 0 fully saturated rings. The van der Waals surface area contributed by atoms with E-state index in [-0.39, 0.29) is 23.0 Å². The topological polar surface area (TPSA) is 94.8 Å². The van der Waals surface area contributed by atoms with Gasteiger partial charge in [0.1, 0.15) is 17.1 Å². The minimum atomic E-state index is -0.689. The first-order chi connectivity index (χ1) is 14.3. The van der Waals surface area contributed by atoms with Crippen LogP contribution in [0.1, 0.15) is 81.3 Å². The molecule has 0 bridgehead atoms. The standard InChI is InChI=1S/C23H33NO6/c1-6-7-8-9-13-17(3)21(25)20-19(28-4)15-18(30-22(20)26)16(2)12-10-11-14-24-23(27)29-5/h11,13-16H,6-10,12H2,1-5H3,(H,24,27)/b14-11+,17-13+/t16-/m1/s1. The van der Waals surface area contributed by atoms with Crippen molar-refractivity contribution in [2.45, 2.75) is 65.2 Å². The lowest BCUT2D eigenvalue weighted by atomic mass is 9.99. The number of amides is 1. The van der Waals surface area contributed by atoms with E-state index in [9.17, 15) is 14.4 Å². The molecule has 1 aromatic rings. The highest BCUT2D eigenvalue weighted by atomic mass is 16.5. The molecule has 0 saturated carbocycles. The molecule has 0 unspecified atom stereocenters. The number of rotatable bonds is 12. The maximum absolute atomic E-state index is 12.8. The van der Waals surface area contributed by atoms with Crippen molar-refractivity contribution in [3.8, 4) is 5.75 Å². The Hall–Kier alpha value is -2.83. The lowest BCUT2D eigenvalue weighted by Crippen LogP contribution is -2.18. The second-order valence-corrected chi connectivity index (χ2v) is 7.11. The van der Waals surface area contributed by atoms with Gasteiger partial charge >= 0.3 is 11.7 Å². The monoisotopic (exact) mass is 419 g/mol. The van der Waals surface area contributed by atoms with Crippen LogP contribution in [-0.2, 0) is 4.74 Å². The second kappa shape index (κ2) is 13.4. The van der Waals surface area contributed by atoms with E-state index < -0.39 is 11.7 Å². The zero-order valence-corrected chi connectivity index (χ0v) is 18.6. The number of nitrogens with one attached hydrogen (secondary N) is 1. The lowest BCUT2D eigenvalue weighted by Gasteiger charge is -2.13. The van der Waals surface area contributed by atoms with Gasteiger partial charge in [0.05, 0.1) is 14.2 Å². The summed E-state index contributed by atoms with van der Waals surface area (Å²) in [5.74, 6) is 0.229. The predicted octanol–water partition coefficient (Wildman–Crippen LogP) is 5.11. The first-order valence-corrected chi connectivity index (χ1v) is 10.3. The van der Waals surface area contributed by atoms with E-state index in [0.29, 0.717) is 24.2 Å². The molecule has 0 aliphatic carbocycles. The van der Waals surface area contributed by atoms with Gasteiger partial charge in [-0.25, -0.2) is 9.59 Å². The van der Waals surface area contributed by atoms with Crippen LogP contribution in [0.4, 0.5) is 4.79 Å². The highest BCUT2D eigenvalue weighted by Gasteiger charge is 2.22. The number of ether oxygens (including phenoxy) is 2. The average molecular weight is 420 g/mol. The third kappa shape index (κ3) is 7.89. The fourth-order valence-corrected chi connectivity index (χ4v) is 2.86. The van der Waals surface area contributed by atoms with Gasteiger partial charge in [0.2, 0.25) is 0 Å². The number of allylic oxidation sites excluding steroid dienone is 3. The van der Waals surface area contributed by atoms with Crippen LogP contribution in [0.2, 0.25) is 0 Å². The van der Waals surface area contributed by atoms with Crippen LogP contribution in [0.3, 0.4) is 0 Å². The molecule has 1 N–H and O–H groups in total. The Balaban J connectivity index is 2.89. The molecule has 0 radical (unpaired) electrons. The van der Waals surface area contributed by atoms with Crippen LogP contribution < -0.4 is 15.7 Å². The van der Waals surface area contributed by atoms with Gasteiger partial charge in [-0.2, -0.15) is 0 Å². The first-order valence-electron chi connectivity index (χ1n) is 10.3. The van der Waals surface area contributed by atoms with Gasteiger partial charge in [-0.15, -0.1) is 0 Å². The third-order valence-electron chi connectivity index (χ3n) is 4.75. The molecule has 0 aromatic carbocycles. The minimum absolute atomic E-state index is 0.0696. The molecule has 1 rings (SSSR count). The van der Waals surface area contributed by atoms with Crippen molar-refractivity contribution >= 4 is 11.9 Å². The number of methoxy groups -OCH3 is 2. The molecule has 1 aromatic heterocycles. The summed E-state index contributed by atoms with van der Waals surface area (Å²) in [7, 11) is 2.72. The van der Waals surface area contributed by atoms with Crippen molar-refractivity contribution in [2.75, 3.05) is 14.2 Å². The van der Waals surface area contributed by atoms with E-state index in [1.807, 2.05) is 13.0 Å². The van der Waals surface area contributed by atoms with E-state index in [2.05, 4.69) is 17.0 Å². The molecule has 1 heterocycles. The van der Waals surface area contributed by atoms with Crippen LogP contribution in [0.15, 0.2) is 39.2 Å². The summed E-state index contributed by atoms with van der Waals surface area (Å²) in [5.41, 5.74) is -0.244. The molecular weight excluding hydrogens is 386 g/mol. The van der Waals surface area contributed by atoms with Crippen molar-refractivity contribution in [1.82, 2.24) is 5.32 Å². The number of hydrogen-bond donors (Lipinski definition) is 1. The summed E-state index contributed by atoms with van der Waals surface area (Å²) in [4.78, 5) is 36.3. The third-order valence-corrected chi connectivity index (χ3v) is 4.75. The van der Waals surface area contributed by atoms with Crippen LogP contribution >= 0.6 is 0 Å². The first kappa shape index (κ1) is 25.2. The number of Topliss-reactive ketones (excluding diaryl/α,β-unsaturated/α-hetero) is 1. The smallest absolute Gasteiger partial charge is 0.410 e. The number of unbranched alkanes of at least 4 members (excludes halogenated alkanes) is 3. The molecule has 0 aliphatic heterocycles. The Kier molecular flexibility index (Phi) is 11.3. The SMILES string of the molecule is CCCCC/C=C(\C)C(=O)c1c(OC)cc([C@H](C)CC/C=C/NC(=O)OC)oc1=O. The van der Waals surface area contributed by atoms with Gasteiger partial charge in [-0.05, 0) is 38.2 Å². The van der Waals surface area contributed by atoms with Gasteiger partial charge in [-0.3, -0.25) is 10.1 Å². The zero-order chi connectivity index (χ0) is 22.5. The second-order valence-electron chi connectivity index (χ2n) is 7.11. The molecule has 1 amide bonds. The zero-order valence-electron chi connectivity index (χ0n) is 18.6.